The zero-order valence-electron chi connectivity index (χ0n) is 13.7. The summed E-state index contributed by atoms with van der Waals surface area (Å²) in [6.45, 7) is 5.91. The number of thiocarbonyl (C=S) groups is 1. The van der Waals surface area contributed by atoms with Crippen LogP contribution in [0.25, 0.3) is 0 Å². The van der Waals surface area contributed by atoms with Gasteiger partial charge in [-0.15, -0.1) is 0 Å². The molecule has 0 aliphatic heterocycles. The Bertz CT molecular complexity index is 757. The summed E-state index contributed by atoms with van der Waals surface area (Å²) in [7, 11) is 1.55. The van der Waals surface area contributed by atoms with Gasteiger partial charge in [-0.05, 0) is 56.2 Å². The zero-order valence-corrected chi connectivity index (χ0v) is 14.5. The molecule has 5 heteroatoms. The molecule has 4 nitrogen and oxygen atoms in total. The summed E-state index contributed by atoms with van der Waals surface area (Å²) in [4.78, 5) is 12.4. The molecule has 0 fully saturated rings. The van der Waals surface area contributed by atoms with E-state index in [1.54, 1.807) is 13.2 Å². The Morgan fingerprint density at radius 1 is 1.09 bits per heavy atom. The van der Waals surface area contributed by atoms with Crippen LogP contribution in [0.2, 0.25) is 0 Å². The van der Waals surface area contributed by atoms with Gasteiger partial charge >= 0.3 is 0 Å². The van der Waals surface area contributed by atoms with Crippen molar-refractivity contribution in [2.45, 2.75) is 20.8 Å². The minimum Gasteiger partial charge on any atom is -0.496 e. The topological polar surface area (TPSA) is 50.4 Å². The Labute approximate surface area is 141 Å². The van der Waals surface area contributed by atoms with Gasteiger partial charge in [0.25, 0.3) is 5.91 Å². The fraction of sp³-hybridized carbons (Fsp3) is 0.222. The normalized spacial score (nSPS) is 10.1. The Morgan fingerprint density at radius 2 is 1.83 bits per heavy atom. The maximum atomic E-state index is 12.4. The molecule has 0 bridgehead atoms. The highest BCUT2D eigenvalue weighted by molar-refractivity contribution is 7.80. The molecule has 2 aromatic rings. The van der Waals surface area contributed by atoms with Crippen molar-refractivity contribution in [3.63, 3.8) is 0 Å². The van der Waals surface area contributed by atoms with E-state index in [4.69, 9.17) is 17.0 Å². The van der Waals surface area contributed by atoms with E-state index in [9.17, 15) is 4.79 Å². The fourth-order valence-corrected chi connectivity index (χ4v) is 2.58. The molecule has 0 saturated carbocycles. The van der Waals surface area contributed by atoms with Crippen molar-refractivity contribution in [3.8, 4) is 5.75 Å². The number of para-hydroxylation sites is 1. The predicted molar refractivity (Wildman–Crippen MR) is 97.3 cm³/mol. The van der Waals surface area contributed by atoms with Crippen molar-refractivity contribution >= 4 is 28.9 Å². The van der Waals surface area contributed by atoms with Crippen molar-refractivity contribution in [2.24, 2.45) is 0 Å². The Morgan fingerprint density at radius 3 is 2.48 bits per heavy atom. The van der Waals surface area contributed by atoms with E-state index in [0.717, 1.165) is 16.8 Å². The molecule has 23 heavy (non-hydrogen) atoms. The monoisotopic (exact) mass is 328 g/mol. The first kappa shape index (κ1) is 17.0. The van der Waals surface area contributed by atoms with Gasteiger partial charge in [-0.1, -0.05) is 29.8 Å². The van der Waals surface area contributed by atoms with Crippen molar-refractivity contribution in [1.82, 2.24) is 5.32 Å². The maximum absolute atomic E-state index is 12.4. The molecule has 0 saturated heterocycles. The van der Waals surface area contributed by atoms with E-state index in [2.05, 4.69) is 16.7 Å². The molecule has 0 spiro atoms. The van der Waals surface area contributed by atoms with Crippen LogP contribution in [0.4, 0.5) is 5.69 Å². The Balaban J connectivity index is 2.11. The lowest BCUT2D eigenvalue weighted by Gasteiger charge is -2.14. The number of rotatable bonds is 3. The predicted octanol–water partition coefficient (Wildman–Crippen LogP) is 3.75. The number of benzene rings is 2. The minimum absolute atomic E-state index is 0.255. The maximum Gasteiger partial charge on any atom is 0.261 e. The van der Waals surface area contributed by atoms with Gasteiger partial charge in [-0.2, -0.15) is 0 Å². The van der Waals surface area contributed by atoms with E-state index in [0.29, 0.717) is 11.3 Å². The number of hydrogen-bond acceptors (Lipinski definition) is 3. The van der Waals surface area contributed by atoms with Gasteiger partial charge < -0.3 is 10.1 Å². The highest BCUT2D eigenvalue weighted by Crippen LogP contribution is 2.23. The summed E-state index contributed by atoms with van der Waals surface area (Å²) in [6.07, 6.45) is 0. The van der Waals surface area contributed by atoms with Crippen LogP contribution in [0.5, 0.6) is 5.75 Å². The van der Waals surface area contributed by atoms with Crippen LogP contribution in [-0.2, 0) is 0 Å². The van der Waals surface area contributed by atoms with E-state index >= 15 is 0 Å². The number of ether oxygens (including phenoxy) is 1. The van der Waals surface area contributed by atoms with E-state index in [-0.39, 0.29) is 11.0 Å². The first-order valence-corrected chi connectivity index (χ1v) is 7.66. The van der Waals surface area contributed by atoms with Crippen LogP contribution in [0.15, 0.2) is 36.4 Å². The number of anilines is 1. The number of aryl methyl sites for hydroxylation is 3. The standard InChI is InChI=1S/C18H20N2O2S/c1-11-8-9-15(13(3)10-11)19-18(23)20-17(21)14-7-5-6-12(2)16(14)22-4/h5-10H,1-4H3,(H2,19,20,21,23). The quantitative estimate of drug-likeness (QED) is 0.843. The van der Waals surface area contributed by atoms with Crippen LogP contribution in [-0.4, -0.2) is 18.1 Å². The van der Waals surface area contributed by atoms with Crippen molar-refractivity contribution in [3.05, 3.63) is 58.7 Å². The summed E-state index contributed by atoms with van der Waals surface area (Å²) < 4.78 is 5.30. The lowest BCUT2D eigenvalue weighted by Crippen LogP contribution is -2.34. The smallest absolute Gasteiger partial charge is 0.261 e. The van der Waals surface area contributed by atoms with Crippen LogP contribution < -0.4 is 15.4 Å². The van der Waals surface area contributed by atoms with Crippen LogP contribution in [0.3, 0.4) is 0 Å². The molecule has 2 aromatic carbocycles. The van der Waals surface area contributed by atoms with Gasteiger partial charge in [-0.3, -0.25) is 10.1 Å². The molecule has 0 aromatic heterocycles. The number of carbonyl (C=O) groups is 1. The van der Waals surface area contributed by atoms with Gasteiger partial charge in [0.05, 0.1) is 12.7 Å². The highest BCUT2D eigenvalue weighted by Gasteiger charge is 2.15. The average Bonchev–Trinajstić information content (AvgIpc) is 2.49. The number of amides is 1. The fourth-order valence-electron chi connectivity index (χ4n) is 2.38. The average molecular weight is 328 g/mol. The zero-order chi connectivity index (χ0) is 17.0. The van der Waals surface area contributed by atoms with Crippen LogP contribution >= 0.6 is 12.2 Å². The van der Waals surface area contributed by atoms with Gasteiger partial charge in [0.2, 0.25) is 0 Å². The largest absolute Gasteiger partial charge is 0.496 e. The Hall–Kier alpha value is -2.40. The lowest BCUT2D eigenvalue weighted by molar-refractivity contribution is 0.0974. The molecule has 0 atom stereocenters. The molecule has 120 valence electrons. The molecular formula is C18H20N2O2S. The second-order valence-corrected chi connectivity index (χ2v) is 5.79. The Kier molecular flexibility index (Phi) is 5.34. The van der Waals surface area contributed by atoms with E-state index in [1.807, 2.05) is 45.0 Å². The highest BCUT2D eigenvalue weighted by atomic mass is 32.1. The number of hydrogen-bond donors (Lipinski definition) is 2. The lowest BCUT2D eigenvalue weighted by atomic mass is 10.1. The molecule has 0 unspecified atom stereocenters. The third-order valence-electron chi connectivity index (χ3n) is 3.52. The SMILES string of the molecule is COc1c(C)cccc1C(=O)NC(=S)Nc1ccc(C)cc1C. The molecule has 0 aliphatic carbocycles. The van der Waals surface area contributed by atoms with E-state index < -0.39 is 0 Å². The van der Waals surface area contributed by atoms with Crippen molar-refractivity contribution < 1.29 is 9.53 Å². The molecule has 0 aliphatic rings. The second kappa shape index (κ2) is 7.24. The van der Waals surface area contributed by atoms with Gasteiger partial charge in [-0.25, -0.2) is 0 Å². The second-order valence-electron chi connectivity index (χ2n) is 5.38. The van der Waals surface area contributed by atoms with Crippen LogP contribution in [0.1, 0.15) is 27.0 Å². The van der Waals surface area contributed by atoms with Gasteiger partial charge in [0.1, 0.15) is 5.75 Å². The van der Waals surface area contributed by atoms with Crippen molar-refractivity contribution in [2.75, 3.05) is 12.4 Å². The summed E-state index contributed by atoms with van der Waals surface area (Å²) in [5.41, 5.74) is 4.46. The van der Waals surface area contributed by atoms with Crippen LogP contribution in [0, 0.1) is 20.8 Å². The molecule has 0 radical (unpaired) electrons. The number of nitrogens with one attached hydrogen (secondary N) is 2. The third-order valence-corrected chi connectivity index (χ3v) is 3.72. The summed E-state index contributed by atoms with van der Waals surface area (Å²) in [5.74, 6) is 0.257. The molecular weight excluding hydrogens is 308 g/mol. The first-order chi connectivity index (χ1) is 10.9. The molecule has 2 N–H and O–H groups in total. The molecule has 1 amide bonds. The first-order valence-electron chi connectivity index (χ1n) is 7.25. The number of methoxy groups -OCH3 is 1. The summed E-state index contributed by atoms with van der Waals surface area (Å²) in [6, 6.07) is 11.4. The summed E-state index contributed by atoms with van der Waals surface area (Å²) in [5, 5.41) is 5.99. The number of carbonyl (C=O) groups excluding carboxylic acids is 1. The molecule has 2 rings (SSSR count). The third kappa shape index (κ3) is 4.07. The van der Waals surface area contributed by atoms with Crippen molar-refractivity contribution in [1.29, 1.82) is 0 Å². The minimum atomic E-state index is -0.298. The van der Waals surface area contributed by atoms with Gasteiger partial charge in [0.15, 0.2) is 5.11 Å². The summed E-state index contributed by atoms with van der Waals surface area (Å²) >= 11 is 5.23. The van der Waals surface area contributed by atoms with E-state index in [1.165, 1.54) is 5.56 Å². The van der Waals surface area contributed by atoms with Gasteiger partial charge in [0, 0.05) is 5.69 Å². The molecule has 0 heterocycles.